The maximum Gasteiger partial charge on any atom is 0.233 e. The molecule has 9 nitrogen and oxygen atoms in total. The first-order chi connectivity index (χ1) is 16.6. The lowest BCUT2D eigenvalue weighted by molar-refractivity contribution is 0.237. The van der Waals surface area contributed by atoms with Crippen molar-refractivity contribution in [3.05, 3.63) is 24.0 Å². The van der Waals surface area contributed by atoms with Gasteiger partial charge in [0.15, 0.2) is 11.6 Å². The number of benzene rings is 1. The van der Waals surface area contributed by atoms with Gasteiger partial charge < -0.3 is 25.6 Å². The molecule has 0 radical (unpaired) electrons. The Kier molecular flexibility index (Phi) is 8.70. The highest BCUT2D eigenvalue weighted by molar-refractivity contribution is 5.57. The topological polar surface area (TPSA) is 90.5 Å². The fourth-order valence-electron chi connectivity index (χ4n) is 4.72. The van der Waals surface area contributed by atoms with Gasteiger partial charge in [0.25, 0.3) is 0 Å². The van der Waals surface area contributed by atoms with E-state index in [0.29, 0.717) is 29.6 Å². The Balaban J connectivity index is 1.44. The molecule has 3 heterocycles. The Morgan fingerprint density at radius 2 is 1.76 bits per heavy atom. The summed E-state index contributed by atoms with van der Waals surface area (Å²) < 4.78 is 19.2. The van der Waals surface area contributed by atoms with E-state index in [4.69, 9.17) is 4.74 Å². The average Bonchev–Trinajstić information content (AvgIpc) is 3.31. The van der Waals surface area contributed by atoms with Gasteiger partial charge in [-0.1, -0.05) is 13.3 Å². The number of ether oxygens (including phenoxy) is 1. The van der Waals surface area contributed by atoms with Crippen molar-refractivity contribution in [1.82, 2.24) is 24.8 Å². The number of methoxy groups -OCH3 is 1. The van der Waals surface area contributed by atoms with Crippen LogP contribution in [0.2, 0.25) is 0 Å². The summed E-state index contributed by atoms with van der Waals surface area (Å²) in [6.07, 6.45) is 6.24. The third kappa shape index (κ3) is 6.66. The van der Waals surface area contributed by atoms with Crippen molar-refractivity contribution in [3.8, 4) is 5.75 Å². The molecule has 0 amide bonds. The molecule has 0 saturated carbocycles. The van der Waals surface area contributed by atoms with Crippen LogP contribution >= 0.6 is 0 Å². The fourth-order valence-corrected chi connectivity index (χ4v) is 4.72. The number of piperidine rings is 1. The van der Waals surface area contributed by atoms with Crippen molar-refractivity contribution in [2.45, 2.75) is 45.1 Å². The standard InChI is InChI=1S/C24H37FN8O/c1-3-33-14-7-8-19(33)17-27-23-29-22(26-11-15-32-12-5-4-6-13-32)30-24(31-23)28-18-9-10-21(34-2)20(25)16-18/h9-10,16,19H,3-8,11-15,17H2,1-2H3,(H3,26,27,28,29,30,31). The van der Waals surface area contributed by atoms with Gasteiger partial charge in [-0.3, -0.25) is 4.90 Å². The summed E-state index contributed by atoms with van der Waals surface area (Å²) in [6.45, 7) is 9.17. The van der Waals surface area contributed by atoms with Crippen LogP contribution in [0.25, 0.3) is 0 Å². The largest absolute Gasteiger partial charge is 0.494 e. The van der Waals surface area contributed by atoms with E-state index in [9.17, 15) is 4.39 Å². The van der Waals surface area contributed by atoms with Gasteiger partial charge in [0.05, 0.1) is 7.11 Å². The molecule has 2 aliphatic rings. The van der Waals surface area contributed by atoms with Gasteiger partial charge in [0.1, 0.15) is 0 Å². The number of hydrogen-bond acceptors (Lipinski definition) is 9. The monoisotopic (exact) mass is 472 g/mol. The van der Waals surface area contributed by atoms with Gasteiger partial charge in [0.2, 0.25) is 17.8 Å². The summed E-state index contributed by atoms with van der Waals surface area (Å²) in [7, 11) is 1.45. The molecule has 1 aromatic carbocycles. The second-order valence-corrected chi connectivity index (χ2v) is 8.92. The number of rotatable bonds is 11. The Hall–Kier alpha value is -2.72. The Morgan fingerprint density at radius 3 is 2.50 bits per heavy atom. The summed E-state index contributed by atoms with van der Waals surface area (Å²) in [4.78, 5) is 18.6. The molecule has 1 atom stereocenters. The third-order valence-corrected chi connectivity index (χ3v) is 6.60. The maximum atomic E-state index is 14.2. The van der Waals surface area contributed by atoms with E-state index in [1.165, 1.54) is 45.3 Å². The minimum atomic E-state index is -0.444. The molecular weight excluding hydrogens is 435 g/mol. The van der Waals surface area contributed by atoms with E-state index in [1.54, 1.807) is 12.1 Å². The van der Waals surface area contributed by atoms with Crippen molar-refractivity contribution in [1.29, 1.82) is 0 Å². The molecule has 2 saturated heterocycles. The Morgan fingerprint density at radius 1 is 1.00 bits per heavy atom. The molecule has 34 heavy (non-hydrogen) atoms. The summed E-state index contributed by atoms with van der Waals surface area (Å²) in [5.74, 6) is 1.13. The van der Waals surface area contributed by atoms with Crippen LogP contribution in [0.4, 0.5) is 27.9 Å². The molecule has 3 N–H and O–H groups in total. The molecule has 1 aromatic heterocycles. The Bertz CT molecular complexity index is 924. The molecule has 10 heteroatoms. The SMILES string of the molecule is CCN1CCCC1CNc1nc(NCCN2CCCCC2)nc(Nc2ccc(OC)c(F)c2)n1. The highest BCUT2D eigenvalue weighted by Gasteiger charge is 2.23. The maximum absolute atomic E-state index is 14.2. The molecular formula is C24H37FN8O. The fraction of sp³-hybridized carbons (Fsp3) is 0.625. The van der Waals surface area contributed by atoms with E-state index in [1.807, 2.05) is 0 Å². The quantitative estimate of drug-likeness (QED) is 0.454. The number of likely N-dealkylation sites (N-methyl/N-ethyl adjacent to an activating group) is 1. The zero-order chi connectivity index (χ0) is 23.8. The van der Waals surface area contributed by atoms with Crippen LogP contribution in [-0.2, 0) is 0 Å². The van der Waals surface area contributed by atoms with E-state index in [0.717, 1.165) is 45.8 Å². The average molecular weight is 473 g/mol. The molecule has 0 bridgehead atoms. The number of anilines is 4. The van der Waals surface area contributed by atoms with Crippen LogP contribution in [0.3, 0.4) is 0 Å². The number of aromatic nitrogens is 3. The van der Waals surface area contributed by atoms with Gasteiger partial charge >= 0.3 is 0 Å². The molecule has 1 unspecified atom stereocenters. The first-order valence-corrected chi connectivity index (χ1v) is 12.5. The number of nitrogens with zero attached hydrogens (tertiary/aromatic N) is 5. The van der Waals surface area contributed by atoms with Crippen molar-refractivity contribution < 1.29 is 9.13 Å². The lowest BCUT2D eigenvalue weighted by Crippen LogP contribution is -2.35. The summed E-state index contributed by atoms with van der Waals surface area (Å²) >= 11 is 0. The van der Waals surface area contributed by atoms with E-state index in [2.05, 4.69) is 47.6 Å². The van der Waals surface area contributed by atoms with Crippen LogP contribution in [0.5, 0.6) is 5.75 Å². The van der Waals surface area contributed by atoms with Gasteiger partial charge in [-0.15, -0.1) is 0 Å². The number of halogens is 1. The summed E-state index contributed by atoms with van der Waals surface area (Å²) in [6, 6.07) is 5.16. The van der Waals surface area contributed by atoms with Gasteiger partial charge in [-0.2, -0.15) is 15.0 Å². The minimum Gasteiger partial charge on any atom is -0.494 e. The lowest BCUT2D eigenvalue weighted by atomic mass is 10.1. The molecule has 0 aliphatic carbocycles. The first-order valence-electron chi connectivity index (χ1n) is 12.5. The molecule has 0 spiro atoms. The van der Waals surface area contributed by atoms with E-state index in [-0.39, 0.29) is 5.75 Å². The second kappa shape index (κ2) is 12.1. The van der Waals surface area contributed by atoms with Crippen LogP contribution in [0, 0.1) is 5.82 Å². The van der Waals surface area contributed by atoms with Gasteiger partial charge in [0, 0.05) is 37.4 Å². The number of nitrogens with one attached hydrogen (secondary N) is 3. The Labute approximate surface area is 201 Å². The summed E-state index contributed by atoms with van der Waals surface area (Å²) in [5.41, 5.74) is 0.544. The number of hydrogen-bond donors (Lipinski definition) is 3. The van der Waals surface area contributed by atoms with Crippen LogP contribution in [0.15, 0.2) is 18.2 Å². The second-order valence-electron chi connectivity index (χ2n) is 8.92. The zero-order valence-corrected chi connectivity index (χ0v) is 20.3. The predicted molar refractivity (Wildman–Crippen MR) is 134 cm³/mol. The molecule has 2 fully saturated rings. The van der Waals surface area contributed by atoms with E-state index >= 15 is 0 Å². The predicted octanol–water partition coefficient (Wildman–Crippen LogP) is 3.56. The zero-order valence-electron chi connectivity index (χ0n) is 20.3. The highest BCUT2D eigenvalue weighted by Crippen LogP contribution is 2.23. The minimum absolute atomic E-state index is 0.195. The molecule has 2 aliphatic heterocycles. The van der Waals surface area contributed by atoms with Gasteiger partial charge in [-0.25, -0.2) is 4.39 Å². The smallest absolute Gasteiger partial charge is 0.233 e. The highest BCUT2D eigenvalue weighted by atomic mass is 19.1. The molecule has 186 valence electrons. The van der Waals surface area contributed by atoms with Crippen LogP contribution < -0.4 is 20.7 Å². The molecule has 4 rings (SSSR count). The summed E-state index contributed by atoms with van der Waals surface area (Å²) in [5, 5.41) is 9.85. The first kappa shape index (κ1) is 24.4. The van der Waals surface area contributed by atoms with Crippen molar-refractivity contribution in [2.24, 2.45) is 0 Å². The van der Waals surface area contributed by atoms with Crippen LogP contribution in [0.1, 0.15) is 39.0 Å². The van der Waals surface area contributed by atoms with Crippen molar-refractivity contribution >= 4 is 23.5 Å². The van der Waals surface area contributed by atoms with E-state index < -0.39 is 5.82 Å². The van der Waals surface area contributed by atoms with Crippen LogP contribution in [-0.4, -0.2) is 83.7 Å². The molecule has 2 aromatic rings. The third-order valence-electron chi connectivity index (χ3n) is 6.60. The normalized spacial score (nSPS) is 19.2. The van der Waals surface area contributed by atoms with Gasteiger partial charge in [-0.05, 0) is 64.0 Å². The number of likely N-dealkylation sites (tertiary alicyclic amines) is 2. The van der Waals surface area contributed by atoms with Crippen molar-refractivity contribution in [3.63, 3.8) is 0 Å². The lowest BCUT2D eigenvalue weighted by Gasteiger charge is -2.26. The van der Waals surface area contributed by atoms with Crippen molar-refractivity contribution in [2.75, 3.05) is 68.9 Å².